The summed E-state index contributed by atoms with van der Waals surface area (Å²) in [7, 11) is 0. The second-order valence-corrected chi connectivity index (χ2v) is 6.82. The smallest absolute Gasteiger partial charge is 0.242 e. The highest BCUT2D eigenvalue weighted by molar-refractivity contribution is 6.30. The molecule has 0 unspecified atom stereocenters. The van der Waals surface area contributed by atoms with Gasteiger partial charge in [-0.15, -0.1) is 0 Å². The van der Waals surface area contributed by atoms with E-state index in [1.165, 1.54) is 0 Å². The lowest BCUT2D eigenvalue weighted by Crippen LogP contribution is -2.48. The predicted molar refractivity (Wildman–Crippen MR) is 105 cm³/mol. The molecule has 2 amide bonds. The molecule has 26 heavy (non-hydrogen) atoms. The van der Waals surface area contributed by atoms with Gasteiger partial charge in [0.05, 0.1) is 6.42 Å². The molecule has 1 N–H and O–H groups in total. The molecule has 5 heteroatoms. The first-order chi connectivity index (χ1) is 12.4. The Hall–Kier alpha value is -2.33. The van der Waals surface area contributed by atoms with Gasteiger partial charge >= 0.3 is 0 Å². The lowest BCUT2D eigenvalue weighted by atomic mass is 10.1. The zero-order valence-electron chi connectivity index (χ0n) is 15.5. The van der Waals surface area contributed by atoms with Gasteiger partial charge in [0.15, 0.2) is 0 Å². The van der Waals surface area contributed by atoms with Crippen molar-refractivity contribution < 1.29 is 9.59 Å². The van der Waals surface area contributed by atoms with Crippen molar-refractivity contribution in [1.29, 1.82) is 0 Å². The van der Waals surface area contributed by atoms with E-state index in [2.05, 4.69) is 5.32 Å². The summed E-state index contributed by atoms with van der Waals surface area (Å²) >= 11 is 5.91. The summed E-state index contributed by atoms with van der Waals surface area (Å²) in [4.78, 5) is 26.9. The molecule has 2 aromatic carbocycles. The van der Waals surface area contributed by atoms with Gasteiger partial charge in [-0.1, -0.05) is 53.6 Å². The third-order valence-electron chi connectivity index (χ3n) is 4.26. The minimum Gasteiger partial charge on any atom is -0.355 e. The second kappa shape index (κ2) is 9.39. The van der Waals surface area contributed by atoms with Crippen molar-refractivity contribution in [1.82, 2.24) is 10.2 Å². The first-order valence-electron chi connectivity index (χ1n) is 8.78. The predicted octanol–water partition coefficient (Wildman–Crippen LogP) is 3.74. The van der Waals surface area contributed by atoms with Gasteiger partial charge in [-0.3, -0.25) is 9.59 Å². The summed E-state index contributed by atoms with van der Waals surface area (Å²) in [5, 5.41) is 3.43. The van der Waals surface area contributed by atoms with Gasteiger partial charge in [-0.25, -0.2) is 0 Å². The molecule has 0 saturated carbocycles. The van der Waals surface area contributed by atoms with Crippen molar-refractivity contribution in [2.45, 2.75) is 39.8 Å². The Morgan fingerprint density at radius 2 is 1.62 bits per heavy atom. The number of halogens is 1. The van der Waals surface area contributed by atoms with Gasteiger partial charge in [0.1, 0.15) is 6.04 Å². The Balaban J connectivity index is 2.20. The average molecular weight is 373 g/mol. The van der Waals surface area contributed by atoms with Crippen molar-refractivity contribution >= 4 is 23.4 Å². The van der Waals surface area contributed by atoms with Crippen LogP contribution in [-0.4, -0.2) is 29.3 Å². The van der Waals surface area contributed by atoms with Crippen LogP contribution in [0.1, 0.15) is 30.5 Å². The standard InChI is InChI=1S/C21H25ClN2O2/c1-4-23-21(26)16(3)24(14-18-7-5-15(2)6-8-18)20(25)13-17-9-11-19(22)12-10-17/h5-12,16H,4,13-14H2,1-3H3,(H,23,26)/t16-/m0/s1. The summed E-state index contributed by atoms with van der Waals surface area (Å²) in [6, 6.07) is 14.6. The maximum atomic E-state index is 12.9. The van der Waals surface area contributed by atoms with Crippen molar-refractivity contribution in [3.8, 4) is 0 Å². The number of aryl methyl sites for hydroxylation is 1. The molecule has 0 radical (unpaired) electrons. The number of nitrogens with one attached hydrogen (secondary N) is 1. The van der Waals surface area contributed by atoms with Crippen LogP contribution in [0.3, 0.4) is 0 Å². The molecule has 0 aromatic heterocycles. The second-order valence-electron chi connectivity index (χ2n) is 6.38. The molecule has 1 atom stereocenters. The third-order valence-corrected chi connectivity index (χ3v) is 4.51. The normalized spacial score (nSPS) is 11.7. The molecule has 2 aromatic rings. The summed E-state index contributed by atoms with van der Waals surface area (Å²) in [5.74, 6) is -0.240. The summed E-state index contributed by atoms with van der Waals surface area (Å²) in [6.07, 6.45) is 0.229. The average Bonchev–Trinajstić information content (AvgIpc) is 2.62. The largest absolute Gasteiger partial charge is 0.355 e. The van der Waals surface area contributed by atoms with Crippen LogP contribution in [0.5, 0.6) is 0 Å². The molecule has 0 saturated heterocycles. The van der Waals surface area contributed by atoms with E-state index in [9.17, 15) is 9.59 Å². The zero-order valence-corrected chi connectivity index (χ0v) is 16.2. The maximum absolute atomic E-state index is 12.9. The highest BCUT2D eigenvalue weighted by Crippen LogP contribution is 2.15. The molecular weight excluding hydrogens is 348 g/mol. The Kier molecular flexibility index (Phi) is 7.22. The van der Waals surface area contributed by atoms with Gasteiger partial charge in [-0.2, -0.15) is 0 Å². The minimum atomic E-state index is -0.545. The lowest BCUT2D eigenvalue weighted by Gasteiger charge is -2.29. The van der Waals surface area contributed by atoms with Crippen LogP contribution in [0.4, 0.5) is 0 Å². The van der Waals surface area contributed by atoms with Gasteiger partial charge in [0.25, 0.3) is 0 Å². The maximum Gasteiger partial charge on any atom is 0.242 e. The number of nitrogens with zero attached hydrogens (tertiary/aromatic N) is 1. The Morgan fingerprint density at radius 3 is 2.19 bits per heavy atom. The Morgan fingerprint density at radius 1 is 1.04 bits per heavy atom. The molecule has 0 aliphatic carbocycles. The first kappa shape index (κ1) is 20.0. The Bertz CT molecular complexity index is 742. The number of carbonyl (C=O) groups is 2. The van der Waals surface area contributed by atoms with Crippen LogP contribution in [0.2, 0.25) is 5.02 Å². The van der Waals surface area contributed by atoms with E-state index in [-0.39, 0.29) is 18.2 Å². The van der Waals surface area contributed by atoms with Crippen molar-refractivity contribution in [3.05, 3.63) is 70.2 Å². The Labute approximate surface area is 160 Å². The molecule has 138 valence electrons. The number of hydrogen-bond acceptors (Lipinski definition) is 2. The topological polar surface area (TPSA) is 49.4 Å². The van der Waals surface area contributed by atoms with Gasteiger partial charge < -0.3 is 10.2 Å². The lowest BCUT2D eigenvalue weighted by molar-refractivity contribution is -0.140. The molecule has 0 bridgehead atoms. The fourth-order valence-corrected chi connectivity index (χ4v) is 2.80. The van der Waals surface area contributed by atoms with Crippen LogP contribution in [0.25, 0.3) is 0 Å². The van der Waals surface area contributed by atoms with Crippen LogP contribution in [0, 0.1) is 6.92 Å². The third kappa shape index (κ3) is 5.60. The molecular formula is C21H25ClN2O2. The fraction of sp³-hybridized carbons (Fsp3) is 0.333. The molecule has 0 heterocycles. The number of likely N-dealkylation sites (N-methyl/N-ethyl adjacent to an activating group) is 1. The number of rotatable bonds is 7. The van der Waals surface area contributed by atoms with E-state index in [1.807, 2.05) is 50.2 Å². The zero-order chi connectivity index (χ0) is 19.1. The van der Waals surface area contributed by atoms with Crippen molar-refractivity contribution in [3.63, 3.8) is 0 Å². The van der Waals surface area contributed by atoms with Crippen molar-refractivity contribution in [2.24, 2.45) is 0 Å². The highest BCUT2D eigenvalue weighted by atomic mass is 35.5. The number of benzene rings is 2. The van der Waals surface area contributed by atoms with Crippen LogP contribution < -0.4 is 5.32 Å². The van der Waals surface area contributed by atoms with E-state index in [0.717, 1.165) is 16.7 Å². The van der Waals surface area contributed by atoms with Gasteiger partial charge in [0.2, 0.25) is 11.8 Å². The number of amides is 2. The van der Waals surface area contributed by atoms with E-state index >= 15 is 0 Å². The molecule has 0 aliphatic heterocycles. The quantitative estimate of drug-likeness (QED) is 0.804. The summed E-state index contributed by atoms with van der Waals surface area (Å²) in [6.45, 7) is 6.58. The van der Waals surface area contributed by atoms with E-state index in [0.29, 0.717) is 18.1 Å². The van der Waals surface area contributed by atoms with Gasteiger partial charge in [-0.05, 0) is 44.0 Å². The van der Waals surface area contributed by atoms with Gasteiger partial charge in [0, 0.05) is 18.1 Å². The summed E-state index contributed by atoms with van der Waals surface area (Å²) < 4.78 is 0. The molecule has 2 rings (SSSR count). The van der Waals surface area contributed by atoms with Crippen LogP contribution in [0.15, 0.2) is 48.5 Å². The highest BCUT2D eigenvalue weighted by Gasteiger charge is 2.25. The SMILES string of the molecule is CCNC(=O)[C@H](C)N(Cc1ccc(C)cc1)C(=O)Cc1ccc(Cl)cc1. The van der Waals surface area contributed by atoms with Crippen LogP contribution >= 0.6 is 11.6 Å². The molecule has 0 spiro atoms. The monoisotopic (exact) mass is 372 g/mol. The number of hydrogen-bond donors (Lipinski definition) is 1. The molecule has 4 nitrogen and oxygen atoms in total. The fourth-order valence-electron chi connectivity index (χ4n) is 2.67. The van der Waals surface area contributed by atoms with E-state index < -0.39 is 6.04 Å². The summed E-state index contributed by atoms with van der Waals surface area (Å²) in [5.41, 5.74) is 3.03. The minimum absolute atomic E-state index is 0.0911. The first-order valence-corrected chi connectivity index (χ1v) is 9.15. The van der Waals surface area contributed by atoms with E-state index in [1.54, 1.807) is 24.0 Å². The molecule has 0 fully saturated rings. The van der Waals surface area contributed by atoms with Crippen LogP contribution in [-0.2, 0) is 22.6 Å². The van der Waals surface area contributed by atoms with E-state index in [4.69, 9.17) is 11.6 Å². The molecule has 0 aliphatic rings. The number of carbonyl (C=O) groups excluding carboxylic acids is 2. The van der Waals surface area contributed by atoms with Crippen molar-refractivity contribution in [2.75, 3.05) is 6.54 Å².